The van der Waals surface area contributed by atoms with Crippen LogP contribution < -0.4 is 0 Å². The first-order valence-electron chi connectivity index (χ1n) is 18.3. The van der Waals surface area contributed by atoms with E-state index >= 15 is 0 Å². The van der Waals surface area contributed by atoms with Crippen molar-refractivity contribution in [1.29, 1.82) is 0 Å². The molecule has 0 unspecified atom stereocenters. The zero-order valence-electron chi connectivity index (χ0n) is 32.3. The molecule has 0 aromatic heterocycles. The average molecular weight is 773 g/mol. The fourth-order valence-corrected chi connectivity index (χ4v) is 6.74. The lowest BCUT2D eigenvalue weighted by molar-refractivity contribution is -0.149. The second kappa shape index (κ2) is 23.0. The van der Waals surface area contributed by atoms with E-state index in [2.05, 4.69) is 0 Å². The molecule has 56 heavy (non-hydrogen) atoms. The van der Waals surface area contributed by atoms with Crippen molar-refractivity contribution >= 4 is 23.9 Å². The number of esters is 4. The average Bonchev–Trinajstić information content (AvgIpc) is 3.18. The molecule has 0 bridgehead atoms. The van der Waals surface area contributed by atoms with Crippen molar-refractivity contribution in [3.8, 4) is 23.0 Å². The van der Waals surface area contributed by atoms with E-state index in [4.69, 9.17) is 18.9 Å². The molecule has 4 aromatic carbocycles. The molecule has 4 rings (SSSR count). The molecule has 0 saturated carbocycles. The summed E-state index contributed by atoms with van der Waals surface area (Å²) in [6.45, 7) is 0. The normalized spacial score (nSPS) is 12.8. The van der Waals surface area contributed by atoms with Crippen LogP contribution in [-0.4, -0.2) is 72.7 Å². The molecule has 4 atom stereocenters. The van der Waals surface area contributed by atoms with Crippen molar-refractivity contribution in [2.75, 3.05) is 28.4 Å². The fraction of sp³-hybridized carbons (Fsp3) is 0.364. The summed E-state index contributed by atoms with van der Waals surface area (Å²) in [6.07, 6.45) is 2.92. The summed E-state index contributed by atoms with van der Waals surface area (Å²) in [6, 6.07) is 27.1. The lowest BCUT2D eigenvalue weighted by Crippen LogP contribution is -2.29. The number of aromatic hydroxyl groups is 4. The molecule has 0 radical (unpaired) electrons. The van der Waals surface area contributed by atoms with Crippen LogP contribution in [0.3, 0.4) is 0 Å². The summed E-state index contributed by atoms with van der Waals surface area (Å²) in [4.78, 5) is 48.5. The zero-order chi connectivity index (χ0) is 41.0. The van der Waals surface area contributed by atoms with Crippen molar-refractivity contribution in [3.63, 3.8) is 0 Å². The third kappa shape index (κ3) is 15.0. The molecule has 0 aliphatic rings. The second-order valence-electron chi connectivity index (χ2n) is 13.5. The van der Waals surface area contributed by atoms with E-state index < -0.39 is 11.8 Å². The summed E-state index contributed by atoms with van der Waals surface area (Å²) in [5, 5.41) is 39.0. The van der Waals surface area contributed by atoms with E-state index in [9.17, 15) is 39.6 Å². The van der Waals surface area contributed by atoms with Gasteiger partial charge in [-0.25, -0.2) is 0 Å². The molecular formula is C44H52O12. The molecule has 0 amide bonds. The Morgan fingerprint density at radius 3 is 0.982 bits per heavy atom. The van der Waals surface area contributed by atoms with Crippen LogP contribution in [0, 0.1) is 23.7 Å². The number of hydrogen-bond donors (Lipinski definition) is 4. The van der Waals surface area contributed by atoms with E-state index in [1.807, 2.05) is 24.3 Å². The van der Waals surface area contributed by atoms with Gasteiger partial charge in [0, 0.05) is 12.8 Å². The van der Waals surface area contributed by atoms with Gasteiger partial charge in [0.25, 0.3) is 0 Å². The van der Waals surface area contributed by atoms with Crippen molar-refractivity contribution in [2.45, 2.75) is 51.4 Å². The van der Waals surface area contributed by atoms with E-state index in [0.717, 1.165) is 22.3 Å². The van der Waals surface area contributed by atoms with Crippen LogP contribution in [0.25, 0.3) is 0 Å². The number of carbonyl (C=O) groups excluding carboxylic acids is 4. The lowest BCUT2D eigenvalue weighted by atomic mass is 9.80. The van der Waals surface area contributed by atoms with E-state index in [-0.39, 0.29) is 71.6 Å². The Hall–Kier alpha value is -6.04. The first-order valence-corrected chi connectivity index (χ1v) is 18.3. The molecule has 12 nitrogen and oxygen atoms in total. The molecule has 0 aliphatic carbocycles. The Labute approximate surface area is 327 Å². The van der Waals surface area contributed by atoms with Crippen LogP contribution in [-0.2, 0) is 63.8 Å². The predicted molar refractivity (Wildman–Crippen MR) is 208 cm³/mol. The van der Waals surface area contributed by atoms with E-state index in [0.29, 0.717) is 38.5 Å². The van der Waals surface area contributed by atoms with Gasteiger partial charge in [-0.15, -0.1) is 0 Å². The molecule has 0 saturated heterocycles. The summed E-state index contributed by atoms with van der Waals surface area (Å²) in [5.41, 5.74) is 3.32. The number of carbonyl (C=O) groups is 4. The summed E-state index contributed by atoms with van der Waals surface area (Å²) in [7, 11) is 5.33. The van der Waals surface area contributed by atoms with Gasteiger partial charge < -0.3 is 39.4 Å². The van der Waals surface area contributed by atoms with E-state index in [1.54, 1.807) is 72.8 Å². The molecule has 0 spiro atoms. The van der Waals surface area contributed by atoms with Gasteiger partial charge >= 0.3 is 23.9 Å². The van der Waals surface area contributed by atoms with Gasteiger partial charge in [0.05, 0.1) is 40.3 Å². The van der Waals surface area contributed by atoms with Crippen molar-refractivity contribution in [1.82, 2.24) is 0 Å². The first kappa shape index (κ1) is 44.4. The van der Waals surface area contributed by atoms with Gasteiger partial charge in [0.15, 0.2) is 0 Å². The third-order valence-corrected chi connectivity index (χ3v) is 9.59. The Morgan fingerprint density at radius 1 is 0.446 bits per heavy atom. The Kier molecular flexibility index (Phi) is 18.2. The van der Waals surface area contributed by atoms with Gasteiger partial charge in [-0.1, -0.05) is 48.5 Å². The number of hydrogen-bond acceptors (Lipinski definition) is 12. The minimum absolute atomic E-state index is 0.125. The number of rotatable bonds is 18. The van der Waals surface area contributed by atoms with Crippen molar-refractivity contribution < 1.29 is 58.6 Å². The Morgan fingerprint density at radius 2 is 0.732 bits per heavy atom. The van der Waals surface area contributed by atoms with Crippen LogP contribution in [0.4, 0.5) is 0 Å². The smallest absolute Gasteiger partial charge is 0.309 e. The largest absolute Gasteiger partial charge is 0.508 e. The standard InChI is InChI=1S/2C22H26O6/c2*1-27-21(25)10-9-17(11-15-5-3-7-18(23)12-15)20(22(26)28-2)14-16-6-4-8-19(24)13-16/h2*3-8,12-13,17,20,23-24H,9-11,14H2,1-2H3/t2*17-,20-/m10/s1. The van der Waals surface area contributed by atoms with Gasteiger partial charge in [-0.3, -0.25) is 19.2 Å². The summed E-state index contributed by atoms with van der Waals surface area (Å²) >= 11 is 0. The number of ether oxygens (including phenoxy) is 4. The molecule has 0 fully saturated rings. The number of phenolic OH excluding ortho intramolecular Hbond substituents is 4. The number of methoxy groups -OCH3 is 4. The molecule has 300 valence electrons. The minimum atomic E-state index is -0.515. The molecule has 0 heterocycles. The third-order valence-electron chi connectivity index (χ3n) is 9.59. The number of benzene rings is 4. The van der Waals surface area contributed by atoms with Crippen molar-refractivity contribution in [2.24, 2.45) is 23.7 Å². The van der Waals surface area contributed by atoms with Crippen LogP contribution in [0.1, 0.15) is 47.9 Å². The summed E-state index contributed by atoms with van der Waals surface area (Å²) in [5.74, 6) is -2.36. The molecule has 12 heteroatoms. The minimum Gasteiger partial charge on any atom is -0.508 e. The first-order chi connectivity index (χ1) is 26.8. The van der Waals surface area contributed by atoms with Gasteiger partial charge in [0.2, 0.25) is 0 Å². The Bertz CT molecular complexity index is 1740. The zero-order valence-corrected chi connectivity index (χ0v) is 32.3. The highest BCUT2D eigenvalue weighted by Gasteiger charge is 2.32. The topological polar surface area (TPSA) is 186 Å². The van der Waals surface area contributed by atoms with Gasteiger partial charge in [-0.05, 0) is 121 Å². The van der Waals surface area contributed by atoms with Crippen LogP contribution in [0.15, 0.2) is 97.1 Å². The highest BCUT2D eigenvalue weighted by molar-refractivity contribution is 5.74. The lowest BCUT2D eigenvalue weighted by Gasteiger charge is -2.25. The van der Waals surface area contributed by atoms with Crippen molar-refractivity contribution in [3.05, 3.63) is 119 Å². The molecular weight excluding hydrogens is 720 g/mol. The predicted octanol–water partition coefficient (Wildman–Crippen LogP) is 6.48. The maximum absolute atomic E-state index is 12.6. The molecule has 4 N–H and O–H groups in total. The van der Waals surface area contributed by atoms with Crippen LogP contribution in [0.2, 0.25) is 0 Å². The molecule has 4 aromatic rings. The maximum atomic E-state index is 12.6. The quantitative estimate of drug-likeness (QED) is 0.0638. The summed E-state index contributed by atoms with van der Waals surface area (Å²) < 4.78 is 19.5. The SMILES string of the molecule is COC(=O)CC[C@@H](Cc1cccc(O)c1)[C@H](Cc1cccc(O)c1)C(=O)OC.COC(=O)CC[C@H](Cc1cccc(O)c1)[C@@H](Cc1cccc(O)c1)C(=O)OC. The van der Waals surface area contributed by atoms with Crippen LogP contribution >= 0.6 is 0 Å². The molecule has 0 aliphatic heterocycles. The van der Waals surface area contributed by atoms with Gasteiger partial charge in [0.1, 0.15) is 23.0 Å². The highest BCUT2D eigenvalue weighted by atomic mass is 16.5. The second-order valence-corrected chi connectivity index (χ2v) is 13.5. The maximum Gasteiger partial charge on any atom is 0.309 e. The number of phenols is 4. The van der Waals surface area contributed by atoms with Crippen LogP contribution in [0.5, 0.6) is 23.0 Å². The Balaban J connectivity index is 0.000000300. The monoisotopic (exact) mass is 772 g/mol. The van der Waals surface area contributed by atoms with E-state index in [1.165, 1.54) is 28.4 Å². The highest BCUT2D eigenvalue weighted by Crippen LogP contribution is 2.31. The fourth-order valence-electron chi connectivity index (χ4n) is 6.74. The van der Waals surface area contributed by atoms with Gasteiger partial charge in [-0.2, -0.15) is 0 Å².